The summed E-state index contributed by atoms with van der Waals surface area (Å²) in [5.74, 6) is 0.00875. The van der Waals surface area contributed by atoms with Gasteiger partial charge in [-0.15, -0.1) is 0 Å². The number of halogens is 1. The molecule has 0 amide bonds. The van der Waals surface area contributed by atoms with E-state index in [2.05, 4.69) is 9.71 Å². The molecular formula is C23H21FN2O3S. The molecule has 0 bridgehead atoms. The Morgan fingerprint density at radius 1 is 1.00 bits per heavy atom. The highest BCUT2D eigenvalue weighted by Crippen LogP contribution is 2.31. The van der Waals surface area contributed by atoms with Crippen molar-refractivity contribution in [3.05, 3.63) is 95.9 Å². The fraction of sp³-hybridized carbons (Fsp3) is 0.130. The van der Waals surface area contributed by atoms with Gasteiger partial charge in [-0.2, -0.15) is 0 Å². The Balaban J connectivity index is 1.69. The number of hydrogen-bond acceptors (Lipinski definition) is 3. The lowest BCUT2D eigenvalue weighted by Gasteiger charge is -2.19. The highest BCUT2D eigenvalue weighted by atomic mass is 32.2. The van der Waals surface area contributed by atoms with Crippen LogP contribution >= 0.6 is 0 Å². The molecule has 154 valence electrons. The number of benzene rings is 3. The number of hydrogen-bond donors (Lipinski definition) is 2. The first-order valence-corrected chi connectivity index (χ1v) is 10.9. The molecular weight excluding hydrogens is 403 g/mol. The van der Waals surface area contributed by atoms with Gasteiger partial charge >= 0.3 is 0 Å². The van der Waals surface area contributed by atoms with Gasteiger partial charge in [-0.1, -0.05) is 30.3 Å². The van der Waals surface area contributed by atoms with Gasteiger partial charge < -0.3 is 9.72 Å². The number of rotatable bonds is 7. The van der Waals surface area contributed by atoms with E-state index in [-0.39, 0.29) is 17.4 Å². The van der Waals surface area contributed by atoms with Gasteiger partial charge in [-0.05, 0) is 53.6 Å². The molecule has 30 heavy (non-hydrogen) atoms. The van der Waals surface area contributed by atoms with E-state index in [0.29, 0.717) is 0 Å². The van der Waals surface area contributed by atoms with E-state index in [9.17, 15) is 12.8 Å². The largest absolute Gasteiger partial charge is 0.497 e. The SMILES string of the molecule is COc1ccc(C(CNS(=O)(=O)c2ccc(F)cc2)c2c[nH]c3ccccc23)cc1. The summed E-state index contributed by atoms with van der Waals surface area (Å²) in [7, 11) is -2.19. The van der Waals surface area contributed by atoms with Crippen molar-refractivity contribution in [1.29, 1.82) is 0 Å². The normalized spacial score (nSPS) is 12.7. The van der Waals surface area contributed by atoms with Crippen molar-refractivity contribution < 1.29 is 17.5 Å². The van der Waals surface area contributed by atoms with Crippen LogP contribution in [0.1, 0.15) is 17.0 Å². The number of ether oxygens (including phenoxy) is 1. The summed E-state index contributed by atoms with van der Waals surface area (Å²) in [5, 5.41) is 1.03. The minimum atomic E-state index is -3.79. The fourth-order valence-corrected chi connectivity index (χ4v) is 4.56. The maximum atomic E-state index is 13.2. The van der Waals surface area contributed by atoms with E-state index in [1.165, 1.54) is 12.1 Å². The number of nitrogens with one attached hydrogen (secondary N) is 2. The maximum absolute atomic E-state index is 13.2. The first kappa shape index (κ1) is 20.1. The molecule has 4 aromatic rings. The van der Waals surface area contributed by atoms with Crippen LogP contribution in [0.3, 0.4) is 0 Å². The minimum absolute atomic E-state index is 0.0244. The van der Waals surface area contributed by atoms with Crippen molar-refractivity contribution >= 4 is 20.9 Å². The summed E-state index contributed by atoms with van der Waals surface area (Å²) >= 11 is 0. The van der Waals surface area contributed by atoms with Crippen LogP contribution < -0.4 is 9.46 Å². The average Bonchev–Trinajstić information content (AvgIpc) is 3.19. The Hall–Kier alpha value is -3.16. The number of H-pyrrole nitrogens is 1. The molecule has 0 aliphatic rings. The van der Waals surface area contributed by atoms with Crippen LogP contribution in [-0.2, 0) is 10.0 Å². The number of aromatic nitrogens is 1. The molecule has 0 aliphatic carbocycles. The Kier molecular flexibility index (Phi) is 5.57. The average molecular weight is 424 g/mol. The van der Waals surface area contributed by atoms with E-state index < -0.39 is 15.8 Å². The predicted molar refractivity (Wildman–Crippen MR) is 115 cm³/mol. The first-order chi connectivity index (χ1) is 14.5. The second-order valence-electron chi connectivity index (χ2n) is 6.92. The molecule has 7 heteroatoms. The number of sulfonamides is 1. The summed E-state index contributed by atoms with van der Waals surface area (Å²) in [6, 6.07) is 20.2. The van der Waals surface area contributed by atoms with Crippen molar-refractivity contribution in [2.24, 2.45) is 0 Å². The Bertz CT molecular complexity index is 1250. The molecule has 1 atom stereocenters. The third kappa shape index (κ3) is 4.08. The van der Waals surface area contributed by atoms with Gasteiger partial charge in [0.15, 0.2) is 0 Å². The van der Waals surface area contributed by atoms with Gasteiger partial charge in [-0.25, -0.2) is 17.5 Å². The molecule has 1 unspecified atom stereocenters. The van der Waals surface area contributed by atoms with Crippen LogP contribution in [0.5, 0.6) is 5.75 Å². The van der Waals surface area contributed by atoms with E-state index in [1.54, 1.807) is 7.11 Å². The molecule has 0 spiro atoms. The smallest absolute Gasteiger partial charge is 0.240 e. The van der Waals surface area contributed by atoms with Crippen molar-refractivity contribution in [2.45, 2.75) is 10.8 Å². The molecule has 0 aliphatic heterocycles. The molecule has 0 radical (unpaired) electrons. The molecule has 0 fully saturated rings. The lowest BCUT2D eigenvalue weighted by molar-refractivity contribution is 0.414. The second kappa shape index (κ2) is 8.30. The molecule has 3 aromatic carbocycles. The number of fused-ring (bicyclic) bond motifs is 1. The molecule has 5 nitrogen and oxygen atoms in total. The highest BCUT2D eigenvalue weighted by Gasteiger charge is 2.22. The third-order valence-electron chi connectivity index (χ3n) is 5.12. The van der Waals surface area contributed by atoms with E-state index in [0.717, 1.165) is 39.9 Å². The zero-order valence-electron chi connectivity index (χ0n) is 16.3. The second-order valence-corrected chi connectivity index (χ2v) is 8.69. The van der Waals surface area contributed by atoms with Crippen molar-refractivity contribution in [2.75, 3.05) is 13.7 Å². The molecule has 1 heterocycles. The zero-order valence-corrected chi connectivity index (χ0v) is 17.1. The molecule has 1 aromatic heterocycles. The van der Waals surface area contributed by atoms with E-state index >= 15 is 0 Å². The summed E-state index contributed by atoms with van der Waals surface area (Å²) < 4.78 is 46.6. The molecule has 0 saturated carbocycles. The first-order valence-electron chi connectivity index (χ1n) is 9.43. The van der Waals surface area contributed by atoms with E-state index in [1.807, 2.05) is 54.7 Å². The quantitative estimate of drug-likeness (QED) is 0.461. The van der Waals surface area contributed by atoms with Gasteiger partial charge in [0.2, 0.25) is 10.0 Å². The summed E-state index contributed by atoms with van der Waals surface area (Å²) in [6.45, 7) is 0.147. The topological polar surface area (TPSA) is 71.2 Å². The summed E-state index contributed by atoms with van der Waals surface area (Å²) in [4.78, 5) is 3.28. The van der Waals surface area contributed by atoms with E-state index in [4.69, 9.17) is 4.74 Å². The number of aromatic amines is 1. The lowest BCUT2D eigenvalue weighted by Crippen LogP contribution is -2.29. The zero-order chi connectivity index (χ0) is 21.1. The Morgan fingerprint density at radius 3 is 2.40 bits per heavy atom. The monoisotopic (exact) mass is 424 g/mol. The number of methoxy groups -OCH3 is 1. The lowest BCUT2D eigenvalue weighted by atomic mass is 9.91. The van der Waals surface area contributed by atoms with Crippen molar-refractivity contribution in [1.82, 2.24) is 9.71 Å². The van der Waals surface area contributed by atoms with Crippen LogP contribution in [0, 0.1) is 5.82 Å². The summed E-state index contributed by atoms with van der Waals surface area (Å²) in [5.41, 5.74) is 2.91. The summed E-state index contributed by atoms with van der Waals surface area (Å²) in [6.07, 6.45) is 1.91. The van der Waals surface area contributed by atoms with Gasteiger partial charge in [0.25, 0.3) is 0 Å². The Labute approximate surface area is 174 Å². The molecule has 2 N–H and O–H groups in total. The maximum Gasteiger partial charge on any atom is 0.240 e. The standard InChI is InChI=1S/C23H21FN2O3S/c1-29-18-10-6-16(7-11-18)21(22-14-25-23-5-3-2-4-20(22)23)15-26-30(27,28)19-12-8-17(24)9-13-19/h2-14,21,25-26H,15H2,1H3. The molecule has 0 saturated heterocycles. The van der Waals surface area contributed by atoms with Crippen LogP contribution in [-0.4, -0.2) is 27.1 Å². The van der Waals surface area contributed by atoms with Gasteiger partial charge in [0.1, 0.15) is 11.6 Å². The van der Waals surface area contributed by atoms with Gasteiger partial charge in [0.05, 0.1) is 12.0 Å². The van der Waals surface area contributed by atoms with Gasteiger partial charge in [0, 0.05) is 29.6 Å². The highest BCUT2D eigenvalue weighted by molar-refractivity contribution is 7.89. The van der Waals surface area contributed by atoms with Crippen LogP contribution in [0.2, 0.25) is 0 Å². The third-order valence-corrected chi connectivity index (χ3v) is 6.56. The number of para-hydroxylation sites is 1. The van der Waals surface area contributed by atoms with Crippen LogP contribution in [0.4, 0.5) is 4.39 Å². The fourth-order valence-electron chi connectivity index (χ4n) is 3.52. The van der Waals surface area contributed by atoms with Crippen molar-refractivity contribution in [3.8, 4) is 5.75 Å². The van der Waals surface area contributed by atoms with Crippen molar-refractivity contribution in [3.63, 3.8) is 0 Å². The predicted octanol–water partition coefficient (Wildman–Crippen LogP) is 4.43. The van der Waals surface area contributed by atoms with Crippen LogP contribution in [0.15, 0.2) is 83.9 Å². The van der Waals surface area contributed by atoms with Crippen LogP contribution in [0.25, 0.3) is 10.9 Å². The minimum Gasteiger partial charge on any atom is -0.497 e. The Morgan fingerprint density at radius 2 is 1.70 bits per heavy atom. The molecule has 4 rings (SSSR count). The van der Waals surface area contributed by atoms with Gasteiger partial charge in [-0.3, -0.25) is 0 Å².